The van der Waals surface area contributed by atoms with E-state index in [1.807, 2.05) is 78.9 Å². The van der Waals surface area contributed by atoms with E-state index in [2.05, 4.69) is 181 Å². The summed E-state index contributed by atoms with van der Waals surface area (Å²) in [6.45, 7) is 16.9. The zero-order chi connectivity index (χ0) is 55.7. The number of nitriles is 2. The average Bonchev–Trinajstić information content (AvgIpc) is 2.71. The molecular weight excluding hydrogens is 1010 g/mol. The molecule has 0 aliphatic rings. The topological polar surface area (TPSA) is 96.9 Å². The van der Waals surface area contributed by atoms with Gasteiger partial charge < -0.3 is 13.7 Å². The van der Waals surface area contributed by atoms with Crippen LogP contribution in [0.3, 0.4) is 0 Å². The van der Waals surface area contributed by atoms with Crippen molar-refractivity contribution in [1.29, 1.82) is 10.5 Å². The van der Waals surface area contributed by atoms with Gasteiger partial charge in [-0.1, -0.05) is 133 Å². The van der Waals surface area contributed by atoms with E-state index >= 15 is 0 Å². The van der Waals surface area contributed by atoms with E-state index < -0.39 is 0 Å². The molecule has 0 amide bonds. The maximum absolute atomic E-state index is 9.45. The van der Waals surface area contributed by atoms with Crippen molar-refractivity contribution >= 4 is 76.8 Å². The highest BCUT2D eigenvalue weighted by Crippen LogP contribution is 2.45. The first-order valence-electron chi connectivity index (χ1n) is 27.1. The van der Waals surface area contributed by atoms with Crippen molar-refractivity contribution in [3.63, 3.8) is 0 Å². The molecule has 0 saturated carbocycles. The molecule has 0 unspecified atom stereocenters. The van der Waals surface area contributed by atoms with Gasteiger partial charge >= 0.3 is 0 Å². The smallest absolute Gasteiger partial charge is 0.185 e. The summed E-state index contributed by atoms with van der Waals surface area (Å²) in [6.07, 6.45) is 0. The van der Waals surface area contributed by atoms with Crippen LogP contribution in [0, 0.1) is 35.8 Å². The van der Waals surface area contributed by atoms with Gasteiger partial charge in [-0.05, 0) is 138 Å². The number of aromatic nitrogens is 5. The van der Waals surface area contributed by atoms with E-state index in [0.717, 1.165) is 94.3 Å². The zero-order valence-corrected chi connectivity index (χ0v) is 44.2. The van der Waals surface area contributed by atoms with Crippen LogP contribution in [-0.4, -0.2) is 23.7 Å². The van der Waals surface area contributed by atoms with Crippen LogP contribution < -0.4 is 0 Å². The van der Waals surface area contributed by atoms with Gasteiger partial charge in [0.2, 0.25) is 0 Å². The standard InChI is InChI=1S/C74H41N9/c1-77-65-39-53(48-27-29-50(30-28-48)64-43-63(49-23-19-46(44-75)20-24-49)79-74(80-64)52-25-21-47(45-76)22-26-52)40-66(78-2)73(65)51-31-33-54(34-32-51)81-71-37-35-55(82-67-15-7-3-11-57(67)58-12-4-8-16-68(58)82)41-61(71)62-42-56(36-38-72(62)81)83-69-17-9-5-13-59(69)60-14-6-10-18-70(60)83/h3-43H. The van der Waals surface area contributed by atoms with Crippen LogP contribution in [0.25, 0.3) is 148 Å². The Kier molecular flexibility index (Phi) is 11.2. The first kappa shape index (κ1) is 48.0. The first-order chi connectivity index (χ1) is 40.9. The van der Waals surface area contributed by atoms with Gasteiger partial charge in [-0.15, -0.1) is 0 Å². The Balaban J connectivity index is 0.815. The lowest BCUT2D eigenvalue weighted by Gasteiger charge is -2.14. The molecule has 0 atom stereocenters. The SMILES string of the molecule is [C-]#[N+]c1cc(-c2ccc(-c3cc(-c4ccc(C#N)cc4)nc(-c4ccc(C#N)cc4)n3)cc2)cc([N+]#[C-])c1-c1ccc(-n2c3ccc(-n4c5ccccc5c5ccccc54)cc3c3cc(-n4c5ccccc5c5ccccc54)ccc32)cc1. The second-order valence-electron chi connectivity index (χ2n) is 20.6. The minimum absolute atomic E-state index is 0.382. The van der Waals surface area contributed by atoms with Gasteiger partial charge in [0.05, 0.1) is 80.9 Å². The second kappa shape index (κ2) is 19.3. The fourth-order valence-corrected chi connectivity index (χ4v) is 12.1. The summed E-state index contributed by atoms with van der Waals surface area (Å²) in [5.41, 5.74) is 18.4. The molecule has 0 radical (unpaired) electrons. The van der Waals surface area contributed by atoms with Gasteiger partial charge in [0, 0.05) is 66.1 Å². The molecule has 0 saturated heterocycles. The summed E-state index contributed by atoms with van der Waals surface area (Å²) < 4.78 is 7.06. The van der Waals surface area contributed by atoms with E-state index in [-0.39, 0.29) is 0 Å². The highest BCUT2D eigenvalue weighted by Gasteiger charge is 2.21. The minimum atomic E-state index is 0.382. The third-order valence-corrected chi connectivity index (χ3v) is 16.0. The van der Waals surface area contributed by atoms with Gasteiger partial charge in [-0.2, -0.15) is 10.5 Å². The third kappa shape index (κ3) is 7.90. The average molecular weight is 1060 g/mol. The predicted molar refractivity (Wildman–Crippen MR) is 334 cm³/mol. The van der Waals surface area contributed by atoms with E-state index in [1.54, 1.807) is 24.3 Å². The van der Waals surface area contributed by atoms with Crippen LogP contribution in [0.4, 0.5) is 11.4 Å². The van der Waals surface area contributed by atoms with E-state index in [1.165, 1.54) is 21.5 Å². The number of rotatable bonds is 8. The summed E-state index contributed by atoms with van der Waals surface area (Å²) in [6, 6.07) is 88.6. The summed E-state index contributed by atoms with van der Waals surface area (Å²) in [4.78, 5) is 18.0. The van der Waals surface area contributed by atoms with Crippen molar-refractivity contribution in [1.82, 2.24) is 23.7 Å². The second-order valence-corrected chi connectivity index (χ2v) is 20.6. The van der Waals surface area contributed by atoms with E-state index in [0.29, 0.717) is 45.3 Å². The monoisotopic (exact) mass is 1060 g/mol. The number of hydrogen-bond acceptors (Lipinski definition) is 4. The molecule has 0 fully saturated rings. The molecular formula is C74H41N9. The molecule has 4 heterocycles. The Morgan fingerprint density at radius 3 is 1.08 bits per heavy atom. The molecule has 11 aromatic carbocycles. The van der Waals surface area contributed by atoms with E-state index in [4.69, 9.17) is 23.1 Å². The molecule has 15 aromatic rings. The van der Waals surface area contributed by atoms with Crippen LogP contribution in [0.1, 0.15) is 11.1 Å². The quantitative estimate of drug-likeness (QED) is 0.142. The molecule has 15 rings (SSSR count). The number of fused-ring (bicyclic) bond motifs is 9. The molecule has 0 spiro atoms. The number of hydrogen-bond donors (Lipinski definition) is 0. The van der Waals surface area contributed by atoms with Crippen LogP contribution in [0.5, 0.6) is 0 Å². The Bertz CT molecular complexity index is 4950. The Morgan fingerprint density at radius 1 is 0.313 bits per heavy atom. The predicted octanol–water partition coefficient (Wildman–Crippen LogP) is 18.9. The van der Waals surface area contributed by atoms with Crippen LogP contribution >= 0.6 is 0 Å². The van der Waals surface area contributed by atoms with Crippen LogP contribution in [-0.2, 0) is 0 Å². The zero-order valence-electron chi connectivity index (χ0n) is 44.2. The summed E-state index contributed by atoms with van der Waals surface area (Å²) in [7, 11) is 0. The molecule has 4 aromatic heterocycles. The fourth-order valence-electron chi connectivity index (χ4n) is 12.1. The number of nitrogens with zero attached hydrogens (tertiary/aromatic N) is 9. The van der Waals surface area contributed by atoms with Crippen molar-refractivity contribution in [3.05, 3.63) is 283 Å². The highest BCUT2D eigenvalue weighted by atomic mass is 15.0. The molecule has 382 valence electrons. The molecule has 83 heavy (non-hydrogen) atoms. The van der Waals surface area contributed by atoms with Gasteiger partial charge in [0.15, 0.2) is 17.2 Å². The lowest BCUT2D eigenvalue weighted by Crippen LogP contribution is -1.96. The largest absolute Gasteiger partial charge is 0.309 e. The van der Waals surface area contributed by atoms with Crippen LogP contribution in [0.2, 0.25) is 0 Å². The number of benzene rings is 11. The minimum Gasteiger partial charge on any atom is -0.309 e. The number of para-hydroxylation sites is 4. The van der Waals surface area contributed by atoms with Gasteiger partial charge in [0.25, 0.3) is 0 Å². The third-order valence-electron chi connectivity index (χ3n) is 16.0. The molecule has 0 bridgehead atoms. The van der Waals surface area contributed by atoms with Crippen LogP contribution in [0.15, 0.2) is 249 Å². The summed E-state index contributed by atoms with van der Waals surface area (Å²) in [5.74, 6) is 0.493. The fraction of sp³-hybridized carbons (Fsp3) is 0. The molecule has 0 N–H and O–H groups in total. The lowest BCUT2D eigenvalue weighted by molar-refractivity contribution is 1.16. The first-order valence-corrected chi connectivity index (χ1v) is 27.1. The van der Waals surface area contributed by atoms with Crippen molar-refractivity contribution in [2.75, 3.05) is 0 Å². The Labute approximate surface area is 476 Å². The van der Waals surface area contributed by atoms with Gasteiger partial charge in [-0.25, -0.2) is 19.7 Å². The van der Waals surface area contributed by atoms with E-state index in [9.17, 15) is 10.5 Å². The normalized spacial score (nSPS) is 11.3. The van der Waals surface area contributed by atoms with Gasteiger partial charge in [-0.3, -0.25) is 0 Å². The van der Waals surface area contributed by atoms with Gasteiger partial charge in [0.1, 0.15) is 0 Å². The van der Waals surface area contributed by atoms with Crippen molar-refractivity contribution < 1.29 is 0 Å². The molecule has 0 aliphatic carbocycles. The highest BCUT2D eigenvalue weighted by molar-refractivity contribution is 6.14. The van der Waals surface area contributed by atoms with Crippen molar-refractivity contribution in [3.8, 4) is 85.4 Å². The molecule has 0 aliphatic heterocycles. The maximum Gasteiger partial charge on any atom is 0.185 e. The summed E-state index contributed by atoms with van der Waals surface area (Å²) >= 11 is 0. The van der Waals surface area contributed by atoms with Crippen molar-refractivity contribution in [2.45, 2.75) is 0 Å². The lowest BCUT2D eigenvalue weighted by atomic mass is 9.95. The Morgan fingerprint density at radius 2 is 0.663 bits per heavy atom. The van der Waals surface area contributed by atoms with Crippen molar-refractivity contribution in [2.24, 2.45) is 0 Å². The Hall–Kier alpha value is -12.1. The summed E-state index contributed by atoms with van der Waals surface area (Å²) in [5, 5.41) is 25.9. The maximum atomic E-state index is 9.45. The molecule has 9 nitrogen and oxygen atoms in total. The molecule has 9 heteroatoms.